The SMILES string of the molecule is O=C(O)NCc1cc(Cl)nn2ccnc12. The third-order valence-corrected chi connectivity index (χ3v) is 2.02. The van der Waals surface area contributed by atoms with Crippen LogP contribution in [0.15, 0.2) is 18.5 Å². The van der Waals surface area contributed by atoms with Crippen LogP contribution in [0.3, 0.4) is 0 Å². The summed E-state index contributed by atoms with van der Waals surface area (Å²) in [6, 6.07) is 1.58. The number of carboxylic acid groups (broad SMARTS) is 1. The van der Waals surface area contributed by atoms with E-state index < -0.39 is 6.09 Å². The molecule has 6 nitrogen and oxygen atoms in total. The van der Waals surface area contributed by atoms with Crippen molar-refractivity contribution in [3.63, 3.8) is 0 Å². The number of hydrogen-bond donors (Lipinski definition) is 2. The number of rotatable bonds is 2. The van der Waals surface area contributed by atoms with Crippen LogP contribution in [0.4, 0.5) is 4.79 Å². The molecule has 2 N–H and O–H groups in total. The lowest BCUT2D eigenvalue weighted by Gasteiger charge is -2.03. The van der Waals surface area contributed by atoms with Gasteiger partial charge in [0, 0.05) is 24.5 Å². The van der Waals surface area contributed by atoms with E-state index in [1.165, 1.54) is 4.52 Å². The number of imidazole rings is 1. The number of amides is 1. The highest BCUT2D eigenvalue weighted by molar-refractivity contribution is 6.29. The predicted octanol–water partition coefficient (Wildman–Crippen LogP) is 1.15. The number of nitrogens with zero attached hydrogens (tertiary/aromatic N) is 3. The van der Waals surface area contributed by atoms with Gasteiger partial charge in [-0.1, -0.05) is 11.6 Å². The van der Waals surface area contributed by atoms with Crippen LogP contribution >= 0.6 is 11.6 Å². The van der Waals surface area contributed by atoms with E-state index in [0.29, 0.717) is 16.4 Å². The Balaban J connectivity index is 2.39. The van der Waals surface area contributed by atoms with Crippen molar-refractivity contribution in [2.75, 3.05) is 0 Å². The molecule has 0 aromatic carbocycles. The number of carbonyl (C=O) groups is 1. The highest BCUT2D eigenvalue weighted by atomic mass is 35.5. The highest BCUT2D eigenvalue weighted by Gasteiger charge is 2.06. The summed E-state index contributed by atoms with van der Waals surface area (Å²) in [5.41, 5.74) is 1.27. The molecular weight excluding hydrogens is 220 g/mol. The molecule has 0 saturated carbocycles. The van der Waals surface area contributed by atoms with E-state index >= 15 is 0 Å². The van der Waals surface area contributed by atoms with E-state index in [-0.39, 0.29) is 6.54 Å². The van der Waals surface area contributed by atoms with Crippen LogP contribution in [0, 0.1) is 0 Å². The molecule has 2 aromatic rings. The first kappa shape index (κ1) is 9.72. The Labute approximate surface area is 89.5 Å². The molecule has 0 atom stereocenters. The quantitative estimate of drug-likeness (QED) is 0.805. The molecule has 0 aliphatic carbocycles. The molecule has 0 saturated heterocycles. The van der Waals surface area contributed by atoms with Crippen molar-refractivity contribution >= 4 is 23.3 Å². The van der Waals surface area contributed by atoms with Crippen LogP contribution < -0.4 is 5.32 Å². The zero-order chi connectivity index (χ0) is 10.8. The molecule has 0 aliphatic rings. The Hall–Kier alpha value is -1.82. The van der Waals surface area contributed by atoms with Gasteiger partial charge in [0.2, 0.25) is 0 Å². The lowest BCUT2D eigenvalue weighted by Crippen LogP contribution is -2.20. The number of halogens is 1. The summed E-state index contributed by atoms with van der Waals surface area (Å²) < 4.78 is 1.50. The van der Waals surface area contributed by atoms with Crippen molar-refractivity contribution in [1.82, 2.24) is 19.9 Å². The number of aromatic nitrogens is 3. The van der Waals surface area contributed by atoms with E-state index in [9.17, 15) is 4.79 Å². The standard InChI is InChI=1S/C8H7ClN4O2/c9-6-3-5(4-11-8(14)15)7-10-1-2-13(7)12-6/h1-3,11H,4H2,(H,14,15). The number of hydrogen-bond acceptors (Lipinski definition) is 3. The number of nitrogens with one attached hydrogen (secondary N) is 1. The van der Waals surface area contributed by atoms with E-state index in [1.807, 2.05) is 0 Å². The molecule has 2 aromatic heterocycles. The maximum Gasteiger partial charge on any atom is 0.404 e. The van der Waals surface area contributed by atoms with E-state index in [1.54, 1.807) is 18.5 Å². The maximum absolute atomic E-state index is 10.3. The highest BCUT2D eigenvalue weighted by Crippen LogP contribution is 2.12. The van der Waals surface area contributed by atoms with Crippen molar-refractivity contribution < 1.29 is 9.90 Å². The minimum Gasteiger partial charge on any atom is -0.465 e. The van der Waals surface area contributed by atoms with Gasteiger partial charge in [0.15, 0.2) is 10.8 Å². The molecule has 7 heteroatoms. The van der Waals surface area contributed by atoms with E-state index in [4.69, 9.17) is 16.7 Å². The van der Waals surface area contributed by atoms with Crippen molar-refractivity contribution in [3.05, 3.63) is 29.2 Å². The molecule has 2 heterocycles. The van der Waals surface area contributed by atoms with Crippen LogP contribution in [0.25, 0.3) is 5.65 Å². The summed E-state index contributed by atoms with van der Waals surface area (Å²) in [7, 11) is 0. The summed E-state index contributed by atoms with van der Waals surface area (Å²) in [5, 5.41) is 15.0. The van der Waals surface area contributed by atoms with Gasteiger partial charge in [-0.3, -0.25) is 0 Å². The van der Waals surface area contributed by atoms with Crippen molar-refractivity contribution in [2.24, 2.45) is 0 Å². The summed E-state index contributed by atoms with van der Waals surface area (Å²) in [4.78, 5) is 14.4. The first-order valence-corrected chi connectivity index (χ1v) is 4.50. The molecule has 0 radical (unpaired) electrons. The molecule has 0 unspecified atom stereocenters. The van der Waals surface area contributed by atoms with Gasteiger partial charge in [-0.25, -0.2) is 14.3 Å². The average Bonchev–Trinajstić information content (AvgIpc) is 2.61. The normalized spacial score (nSPS) is 10.5. The lowest BCUT2D eigenvalue weighted by molar-refractivity contribution is 0.194. The Morgan fingerprint density at radius 2 is 2.47 bits per heavy atom. The summed E-state index contributed by atoms with van der Waals surface area (Å²) in [5.74, 6) is 0. The van der Waals surface area contributed by atoms with Crippen molar-refractivity contribution in [2.45, 2.75) is 6.54 Å². The molecule has 78 valence electrons. The van der Waals surface area contributed by atoms with Crippen LogP contribution in [-0.4, -0.2) is 25.8 Å². The van der Waals surface area contributed by atoms with Gasteiger partial charge in [0.1, 0.15) is 0 Å². The molecule has 0 spiro atoms. The largest absolute Gasteiger partial charge is 0.465 e. The van der Waals surface area contributed by atoms with Gasteiger partial charge in [-0.2, -0.15) is 5.10 Å². The third-order valence-electron chi connectivity index (χ3n) is 1.84. The van der Waals surface area contributed by atoms with Crippen LogP contribution in [0.5, 0.6) is 0 Å². The summed E-state index contributed by atoms with van der Waals surface area (Å²) >= 11 is 5.76. The molecule has 1 amide bonds. The lowest BCUT2D eigenvalue weighted by atomic mass is 10.3. The molecule has 0 bridgehead atoms. The Morgan fingerprint density at radius 3 is 3.20 bits per heavy atom. The van der Waals surface area contributed by atoms with Gasteiger partial charge in [0.25, 0.3) is 0 Å². The maximum atomic E-state index is 10.3. The zero-order valence-electron chi connectivity index (χ0n) is 7.51. The molecule has 0 fully saturated rings. The fraction of sp³-hybridized carbons (Fsp3) is 0.125. The fourth-order valence-corrected chi connectivity index (χ4v) is 1.46. The topological polar surface area (TPSA) is 79.5 Å². The fourth-order valence-electron chi connectivity index (χ4n) is 1.25. The average molecular weight is 227 g/mol. The van der Waals surface area contributed by atoms with Crippen molar-refractivity contribution in [1.29, 1.82) is 0 Å². The second kappa shape index (κ2) is 3.74. The Kier molecular flexibility index (Phi) is 2.42. The van der Waals surface area contributed by atoms with E-state index in [2.05, 4.69) is 15.4 Å². The minimum absolute atomic E-state index is 0.151. The summed E-state index contributed by atoms with van der Waals surface area (Å²) in [6.07, 6.45) is 2.13. The second-order valence-electron chi connectivity index (χ2n) is 2.85. The Bertz CT molecular complexity index is 510. The molecule has 15 heavy (non-hydrogen) atoms. The molecule has 0 aliphatic heterocycles. The third kappa shape index (κ3) is 1.99. The summed E-state index contributed by atoms with van der Waals surface area (Å²) in [6.45, 7) is 0.151. The first-order valence-electron chi connectivity index (χ1n) is 4.12. The zero-order valence-corrected chi connectivity index (χ0v) is 8.27. The minimum atomic E-state index is -1.09. The smallest absolute Gasteiger partial charge is 0.404 e. The Morgan fingerprint density at radius 1 is 1.67 bits per heavy atom. The monoisotopic (exact) mass is 226 g/mol. The van der Waals surface area contributed by atoms with E-state index in [0.717, 1.165) is 0 Å². The molecular formula is C8H7ClN4O2. The van der Waals surface area contributed by atoms with Crippen LogP contribution in [-0.2, 0) is 6.54 Å². The second-order valence-corrected chi connectivity index (χ2v) is 3.23. The van der Waals surface area contributed by atoms with Gasteiger partial charge >= 0.3 is 6.09 Å². The van der Waals surface area contributed by atoms with Gasteiger partial charge in [-0.05, 0) is 6.07 Å². The molecule has 2 rings (SSSR count). The predicted molar refractivity (Wildman–Crippen MR) is 52.9 cm³/mol. The van der Waals surface area contributed by atoms with Gasteiger partial charge in [0.05, 0.1) is 0 Å². The van der Waals surface area contributed by atoms with Gasteiger partial charge < -0.3 is 10.4 Å². The first-order chi connectivity index (χ1) is 7.16. The van der Waals surface area contributed by atoms with Crippen LogP contribution in [0.2, 0.25) is 5.15 Å². The number of fused-ring (bicyclic) bond motifs is 1. The van der Waals surface area contributed by atoms with Gasteiger partial charge in [-0.15, -0.1) is 0 Å². The van der Waals surface area contributed by atoms with Crippen molar-refractivity contribution in [3.8, 4) is 0 Å². The van der Waals surface area contributed by atoms with Crippen LogP contribution in [0.1, 0.15) is 5.56 Å².